The van der Waals surface area contributed by atoms with E-state index in [0.717, 1.165) is 6.42 Å². The second-order valence-corrected chi connectivity index (χ2v) is 6.08. The molecule has 1 N–H and O–H groups in total. The van der Waals surface area contributed by atoms with Gasteiger partial charge in [0.05, 0.1) is 17.7 Å². The monoisotopic (exact) mass is 327 g/mol. The minimum Gasteiger partial charge on any atom is -0.376 e. The molecule has 5 heteroatoms. The highest BCUT2D eigenvalue weighted by molar-refractivity contribution is 9.10. The van der Waals surface area contributed by atoms with Gasteiger partial charge < -0.3 is 10.1 Å². The Balaban J connectivity index is 1.72. The molecule has 0 radical (unpaired) electrons. The maximum absolute atomic E-state index is 13.6. The van der Waals surface area contributed by atoms with Crippen LogP contribution in [0.15, 0.2) is 22.7 Å². The van der Waals surface area contributed by atoms with Gasteiger partial charge in [0.2, 0.25) is 0 Å². The van der Waals surface area contributed by atoms with Crippen LogP contribution in [0.2, 0.25) is 0 Å². The van der Waals surface area contributed by atoms with Crippen molar-refractivity contribution >= 4 is 21.8 Å². The molecule has 1 aliphatic heterocycles. The molecule has 0 aromatic heterocycles. The zero-order valence-electron chi connectivity index (χ0n) is 10.4. The molecule has 1 heterocycles. The minimum atomic E-state index is -0.498. The van der Waals surface area contributed by atoms with Crippen molar-refractivity contribution in [2.45, 2.75) is 31.4 Å². The minimum absolute atomic E-state index is 0.0124. The Morgan fingerprint density at radius 1 is 1.37 bits per heavy atom. The van der Waals surface area contributed by atoms with E-state index >= 15 is 0 Å². The Hall–Kier alpha value is -0.940. The number of ether oxygens (including phenoxy) is 1. The molecule has 1 aromatic rings. The van der Waals surface area contributed by atoms with E-state index < -0.39 is 5.82 Å². The highest BCUT2D eigenvalue weighted by Crippen LogP contribution is 2.38. The van der Waals surface area contributed by atoms with Crippen molar-refractivity contribution < 1.29 is 13.9 Å². The van der Waals surface area contributed by atoms with Crippen molar-refractivity contribution in [1.29, 1.82) is 0 Å². The Morgan fingerprint density at radius 2 is 2.16 bits per heavy atom. The molecule has 1 saturated heterocycles. The van der Waals surface area contributed by atoms with Crippen molar-refractivity contribution in [2.75, 3.05) is 6.61 Å². The van der Waals surface area contributed by atoms with Crippen LogP contribution in [0, 0.1) is 11.7 Å². The van der Waals surface area contributed by atoms with Crippen LogP contribution in [-0.4, -0.2) is 24.7 Å². The Labute approximate surface area is 119 Å². The fourth-order valence-corrected chi connectivity index (χ4v) is 2.93. The first-order chi connectivity index (χ1) is 9.15. The summed E-state index contributed by atoms with van der Waals surface area (Å²) in [5, 5.41) is 2.91. The summed E-state index contributed by atoms with van der Waals surface area (Å²) < 4.78 is 20.0. The molecule has 0 bridgehead atoms. The first kappa shape index (κ1) is 13.1. The van der Waals surface area contributed by atoms with Gasteiger partial charge in [-0.05, 0) is 43.4 Å². The summed E-state index contributed by atoms with van der Waals surface area (Å²) in [6.07, 6.45) is 3.26. The zero-order valence-corrected chi connectivity index (χ0v) is 12.0. The first-order valence-electron chi connectivity index (χ1n) is 6.52. The smallest absolute Gasteiger partial charge is 0.254 e. The summed E-state index contributed by atoms with van der Waals surface area (Å²) >= 11 is 3.25. The van der Waals surface area contributed by atoms with Crippen molar-refractivity contribution in [3.63, 3.8) is 0 Å². The lowest BCUT2D eigenvalue weighted by atomic mass is 10.1. The molecule has 0 spiro atoms. The molecule has 1 amide bonds. The third-order valence-electron chi connectivity index (χ3n) is 3.71. The normalized spacial score (nSPS) is 26.4. The van der Waals surface area contributed by atoms with Crippen LogP contribution in [0.25, 0.3) is 0 Å². The molecule has 2 fully saturated rings. The molecule has 3 rings (SSSR count). The number of rotatable bonds is 3. The SMILES string of the molecule is O=C(NC1CCOC1C1CC1)c1cc(Br)ccc1F. The van der Waals surface area contributed by atoms with Crippen LogP contribution in [0.1, 0.15) is 29.6 Å². The molecule has 1 aromatic carbocycles. The van der Waals surface area contributed by atoms with Crippen molar-refractivity contribution in [3.8, 4) is 0 Å². The topological polar surface area (TPSA) is 38.3 Å². The number of nitrogens with one attached hydrogen (secondary N) is 1. The van der Waals surface area contributed by atoms with E-state index in [1.54, 1.807) is 6.07 Å². The molecule has 2 unspecified atom stereocenters. The lowest BCUT2D eigenvalue weighted by Crippen LogP contribution is -2.41. The van der Waals surface area contributed by atoms with Gasteiger partial charge in [0.1, 0.15) is 5.82 Å². The van der Waals surface area contributed by atoms with E-state index in [9.17, 15) is 9.18 Å². The van der Waals surface area contributed by atoms with Crippen LogP contribution >= 0.6 is 15.9 Å². The molecule has 2 atom stereocenters. The summed E-state index contributed by atoms with van der Waals surface area (Å²) in [7, 11) is 0. The van der Waals surface area contributed by atoms with Crippen LogP contribution in [0.4, 0.5) is 4.39 Å². The number of benzene rings is 1. The lowest BCUT2D eigenvalue weighted by molar-refractivity contribution is 0.0727. The number of hydrogen-bond donors (Lipinski definition) is 1. The van der Waals surface area contributed by atoms with Crippen LogP contribution in [0.5, 0.6) is 0 Å². The van der Waals surface area contributed by atoms with E-state index in [4.69, 9.17) is 4.74 Å². The van der Waals surface area contributed by atoms with E-state index in [0.29, 0.717) is 17.0 Å². The highest BCUT2D eigenvalue weighted by Gasteiger charge is 2.41. The lowest BCUT2D eigenvalue weighted by Gasteiger charge is -2.19. The van der Waals surface area contributed by atoms with Gasteiger partial charge >= 0.3 is 0 Å². The summed E-state index contributed by atoms with van der Waals surface area (Å²) in [5.41, 5.74) is 0.0795. The summed E-state index contributed by atoms with van der Waals surface area (Å²) in [5.74, 6) is -0.289. The predicted octanol–water partition coefficient (Wildman–Crippen LogP) is 2.89. The summed E-state index contributed by atoms with van der Waals surface area (Å²) in [4.78, 5) is 12.1. The standard InChI is InChI=1S/C14H15BrFNO2/c15-9-3-4-11(16)10(7-9)14(18)17-12-5-6-19-13(12)8-1-2-8/h3-4,7-8,12-13H,1-2,5-6H2,(H,17,18). The molecule has 2 aliphatic rings. The second-order valence-electron chi connectivity index (χ2n) is 5.17. The number of carbonyl (C=O) groups excluding carboxylic acids is 1. The predicted molar refractivity (Wildman–Crippen MR) is 72.4 cm³/mol. The van der Waals surface area contributed by atoms with Crippen LogP contribution < -0.4 is 5.32 Å². The molecule has 1 aliphatic carbocycles. The first-order valence-corrected chi connectivity index (χ1v) is 7.32. The van der Waals surface area contributed by atoms with Crippen molar-refractivity contribution in [2.24, 2.45) is 5.92 Å². The fraction of sp³-hybridized carbons (Fsp3) is 0.500. The van der Waals surface area contributed by atoms with Gasteiger partial charge in [0, 0.05) is 11.1 Å². The number of halogens is 2. The third kappa shape index (κ3) is 2.82. The van der Waals surface area contributed by atoms with Crippen LogP contribution in [-0.2, 0) is 4.74 Å². The Kier molecular flexibility index (Phi) is 3.58. The van der Waals surface area contributed by atoms with Crippen LogP contribution in [0.3, 0.4) is 0 Å². The van der Waals surface area contributed by atoms with Crippen molar-refractivity contribution in [1.82, 2.24) is 5.32 Å². The second kappa shape index (κ2) is 5.21. The van der Waals surface area contributed by atoms with Crippen molar-refractivity contribution in [3.05, 3.63) is 34.1 Å². The third-order valence-corrected chi connectivity index (χ3v) is 4.21. The quantitative estimate of drug-likeness (QED) is 0.927. The number of carbonyl (C=O) groups is 1. The maximum Gasteiger partial charge on any atom is 0.254 e. The van der Waals surface area contributed by atoms with E-state index in [2.05, 4.69) is 21.2 Å². The molecule has 3 nitrogen and oxygen atoms in total. The molecule has 19 heavy (non-hydrogen) atoms. The fourth-order valence-electron chi connectivity index (χ4n) is 2.57. The van der Waals surface area contributed by atoms with Gasteiger partial charge in [-0.25, -0.2) is 4.39 Å². The summed E-state index contributed by atoms with van der Waals surface area (Å²) in [6, 6.07) is 4.39. The Bertz CT molecular complexity index is 504. The Morgan fingerprint density at radius 3 is 2.89 bits per heavy atom. The van der Waals surface area contributed by atoms with Gasteiger partial charge in [-0.1, -0.05) is 15.9 Å². The molecular formula is C14H15BrFNO2. The van der Waals surface area contributed by atoms with Gasteiger partial charge in [-0.15, -0.1) is 0 Å². The zero-order chi connectivity index (χ0) is 13.4. The maximum atomic E-state index is 13.6. The molecule has 1 saturated carbocycles. The average molecular weight is 328 g/mol. The van der Waals surface area contributed by atoms with Gasteiger partial charge in [0.25, 0.3) is 5.91 Å². The van der Waals surface area contributed by atoms with E-state index in [1.165, 1.54) is 25.0 Å². The average Bonchev–Trinajstić information content (AvgIpc) is 3.13. The van der Waals surface area contributed by atoms with Gasteiger partial charge in [-0.3, -0.25) is 4.79 Å². The number of hydrogen-bond acceptors (Lipinski definition) is 2. The number of amides is 1. The van der Waals surface area contributed by atoms with E-state index in [1.807, 2.05) is 0 Å². The molecular weight excluding hydrogens is 313 g/mol. The van der Waals surface area contributed by atoms with Gasteiger partial charge in [-0.2, -0.15) is 0 Å². The molecule has 102 valence electrons. The largest absolute Gasteiger partial charge is 0.376 e. The summed E-state index contributed by atoms with van der Waals surface area (Å²) in [6.45, 7) is 0.674. The highest BCUT2D eigenvalue weighted by atomic mass is 79.9. The van der Waals surface area contributed by atoms with E-state index in [-0.39, 0.29) is 23.6 Å². The van der Waals surface area contributed by atoms with Gasteiger partial charge in [0.15, 0.2) is 0 Å².